The molecule has 0 N–H and O–H groups in total. The topological polar surface area (TPSA) is 83.0 Å². The molecule has 0 aliphatic heterocycles. The number of nitro benzene ring substituents is 1. The van der Waals surface area contributed by atoms with E-state index in [1.807, 2.05) is 0 Å². The Morgan fingerprint density at radius 2 is 2.22 bits per heavy atom. The summed E-state index contributed by atoms with van der Waals surface area (Å²) < 4.78 is 2.56. The van der Waals surface area contributed by atoms with Crippen molar-refractivity contribution >= 4 is 17.3 Å². The predicted octanol–water partition coefficient (Wildman–Crippen LogP) is 1.19. The van der Waals surface area contributed by atoms with Crippen molar-refractivity contribution < 1.29 is 4.92 Å². The summed E-state index contributed by atoms with van der Waals surface area (Å²) in [5.74, 6) is 0. The van der Waals surface area contributed by atoms with Crippen LogP contribution in [0.25, 0.3) is 0 Å². The van der Waals surface area contributed by atoms with Crippen LogP contribution in [0.5, 0.6) is 0 Å². The molecule has 0 saturated carbocycles. The first-order chi connectivity index (χ1) is 8.49. The molecule has 0 fully saturated rings. The molecule has 7 nitrogen and oxygen atoms in total. The summed E-state index contributed by atoms with van der Waals surface area (Å²) in [6.45, 7) is 0.177. The van der Waals surface area contributed by atoms with E-state index in [1.165, 1.54) is 33.8 Å². The van der Waals surface area contributed by atoms with Crippen LogP contribution in [0.1, 0.15) is 5.56 Å². The first kappa shape index (κ1) is 12.3. The Kier molecular flexibility index (Phi) is 3.15. The van der Waals surface area contributed by atoms with Gasteiger partial charge in [-0.2, -0.15) is 5.10 Å². The fraction of sp³-hybridized carbons (Fsp3) is 0.200. The molecule has 0 spiro atoms. The highest BCUT2D eigenvalue weighted by molar-refractivity contribution is 6.31. The van der Waals surface area contributed by atoms with Gasteiger partial charge in [0.15, 0.2) is 0 Å². The van der Waals surface area contributed by atoms with Crippen molar-refractivity contribution in [2.45, 2.75) is 6.54 Å². The van der Waals surface area contributed by atoms with Gasteiger partial charge in [-0.15, -0.1) is 0 Å². The molecule has 0 amide bonds. The molecule has 0 bridgehead atoms. The number of rotatable bonds is 3. The molecule has 0 aliphatic rings. The zero-order chi connectivity index (χ0) is 13.3. The number of benzene rings is 1. The minimum absolute atomic E-state index is 0.0860. The van der Waals surface area contributed by atoms with Gasteiger partial charge in [-0.1, -0.05) is 11.6 Å². The van der Waals surface area contributed by atoms with Gasteiger partial charge in [0, 0.05) is 19.2 Å². The molecule has 1 heterocycles. The number of halogens is 1. The van der Waals surface area contributed by atoms with E-state index in [0.717, 1.165) is 0 Å². The van der Waals surface area contributed by atoms with Crippen LogP contribution in [-0.2, 0) is 13.6 Å². The summed E-state index contributed by atoms with van der Waals surface area (Å²) in [6, 6.07) is 4.11. The lowest BCUT2D eigenvalue weighted by atomic mass is 10.2. The number of hydrogen-bond acceptors (Lipinski definition) is 4. The van der Waals surface area contributed by atoms with Gasteiger partial charge in [-0.05, 0) is 11.6 Å². The predicted molar refractivity (Wildman–Crippen MR) is 64.7 cm³/mol. The Hall–Kier alpha value is -2.15. The summed E-state index contributed by atoms with van der Waals surface area (Å²) >= 11 is 5.93. The van der Waals surface area contributed by atoms with E-state index in [-0.39, 0.29) is 22.9 Å². The second kappa shape index (κ2) is 4.61. The Morgan fingerprint density at radius 3 is 2.72 bits per heavy atom. The number of non-ortho nitro benzene ring substituents is 1. The summed E-state index contributed by atoms with van der Waals surface area (Å²) in [7, 11) is 1.59. The van der Waals surface area contributed by atoms with Gasteiger partial charge in [-0.25, -0.2) is 9.48 Å². The minimum atomic E-state index is -0.525. The number of nitrogens with zero attached hydrogens (tertiary/aromatic N) is 4. The van der Waals surface area contributed by atoms with Crippen LogP contribution >= 0.6 is 11.6 Å². The lowest BCUT2D eigenvalue weighted by molar-refractivity contribution is -0.384. The average Bonchev–Trinajstić information content (AvgIpc) is 2.63. The zero-order valence-electron chi connectivity index (χ0n) is 9.41. The Morgan fingerprint density at radius 1 is 1.50 bits per heavy atom. The highest BCUT2D eigenvalue weighted by Crippen LogP contribution is 2.22. The molecule has 1 aromatic carbocycles. The molecule has 0 saturated heterocycles. The van der Waals surface area contributed by atoms with E-state index in [1.54, 1.807) is 7.05 Å². The van der Waals surface area contributed by atoms with Crippen molar-refractivity contribution in [1.82, 2.24) is 14.3 Å². The number of hydrogen-bond donors (Lipinski definition) is 0. The molecule has 2 rings (SSSR count). The number of nitro groups is 1. The van der Waals surface area contributed by atoms with Crippen LogP contribution < -0.4 is 5.69 Å². The second-order valence-electron chi connectivity index (χ2n) is 3.71. The van der Waals surface area contributed by atoms with Crippen molar-refractivity contribution in [1.29, 1.82) is 0 Å². The molecule has 0 aliphatic carbocycles. The monoisotopic (exact) mass is 268 g/mol. The van der Waals surface area contributed by atoms with E-state index < -0.39 is 4.92 Å². The summed E-state index contributed by atoms with van der Waals surface area (Å²) in [4.78, 5) is 21.6. The summed E-state index contributed by atoms with van der Waals surface area (Å²) in [5.41, 5.74) is 0.240. The fourth-order valence-electron chi connectivity index (χ4n) is 1.47. The van der Waals surface area contributed by atoms with Crippen molar-refractivity contribution in [3.63, 3.8) is 0 Å². The lowest BCUT2D eigenvalue weighted by Crippen LogP contribution is -2.23. The van der Waals surface area contributed by atoms with Gasteiger partial charge in [-0.3, -0.25) is 14.7 Å². The van der Waals surface area contributed by atoms with Crippen LogP contribution in [0, 0.1) is 10.1 Å². The van der Waals surface area contributed by atoms with Crippen LogP contribution in [0.3, 0.4) is 0 Å². The molecule has 0 unspecified atom stereocenters. The number of aromatic nitrogens is 3. The van der Waals surface area contributed by atoms with Gasteiger partial charge in [0.05, 0.1) is 16.5 Å². The van der Waals surface area contributed by atoms with E-state index in [4.69, 9.17) is 11.6 Å². The van der Waals surface area contributed by atoms with E-state index in [9.17, 15) is 14.9 Å². The quantitative estimate of drug-likeness (QED) is 0.618. The number of aryl methyl sites for hydroxylation is 1. The molecule has 0 atom stereocenters. The normalized spacial score (nSPS) is 10.6. The van der Waals surface area contributed by atoms with Crippen LogP contribution in [-0.4, -0.2) is 19.3 Å². The molecular formula is C10H9ClN4O3. The maximum atomic E-state index is 11.6. The van der Waals surface area contributed by atoms with Crippen LogP contribution in [0.4, 0.5) is 5.69 Å². The average molecular weight is 269 g/mol. The maximum Gasteiger partial charge on any atom is 0.345 e. The minimum Gasteiger partial charge on any atom is -0.285 e. The molecule has 0 radical (unpaired) electrons. The second-order valence-corrected chi connectivity index (χ2v) is 4.12. The van der Waals surface area contributed by atoms with Crippen molar-refractivity contribution in [3.05, 3.63) is 55.7 Å². The smallest absolute Gasteiger partial charge is 0.285 e. The summed E-state index contributed by atoms with van der Waals surface area (Å²) in [6.07, 6.45) is 1.39. The largest absolute Gasteiger partial charge is 0.345 e. The van der Waals surface area contributed by atoms with Gasteiger partial charge >= 0.3 is 5.69 Å². The first-order valence-corrected chi connectivity index (χ1v) is 5.38. The van der Waals surface area contributed by atoms with Gasteiger partial charge in [0.1, 0.15) is 6.33 Å². The maximum absolute atomic E-state index is 11.6. The zero-order valence-corrected chi connectivity index (χ0v) is 10.2. The lowest BCUT2D eigenvalue weighted by Gasteiger charge is -2.03. The standard InChI is InChI=1S/C10H9ClN4O3/c1-13-6-12-14(10(13)16)5-7-2-3-8(15(17)18)4-9(7)11/h2-4,6H,5H2,1H3. The van der Waals surface area contributed by atoms with Crippen LogP contribution in [0.15, 0.2) is 29.3 Å². The fourth-order valence-corrected chi connectivity index (χ4v) is 1.70. The molecule has 18 heavy (non-hydrogen) atoms. The van der Waals surface area contributed by atoms with Crippen molar-refractivity contribution in [2.75, 3.05) is 0 Å². The highest BCUT2D eigenvalue weighted by atomic mass is 35.5. The molecule has 2 aromatic rings. The third-order valence-corrected chi connectivity index (χ3v) is 2.81. The Labute approximate surface area is 106 Å². The highest BCUT2D eigenvalue weighted by Gasteiger charge is 2.11. The molecule has 8 heteroatoms. The Balaban J connectivity index is 2.33. The summed E-state index contributed by atoms with van der Waals surface area (Å²) in [5, 5.41) is 14.7. The SMILES string of the molecule is Cn1cnn(Cc2ccc([N+](=O)[O-])cc2Cl)c1=O. The Bertz CT molecular complexity index is 661. The molecule has 1 aromatic heterocycles. The molecular weight excluding hydrogens is 260 g/mol. The first-order valence-electron chi connectivity index (χ1n) is 5.00. The third-order valence-electron chi connectivity index (χ3n) is 2.45. The van der Waals surface area contributed by atoms with Gasteiger partial charge < -0.3 is 0 Å². The van der Waals surface area contributed by atoms with Crippen molar-refractivity contribution in [3.8, 4) is 0 Å². The van der Waals surface area contributed by atoms with Gasteiger partial charge in [0.2, 0.25) is 0 Å². The van der Waals surface area contributed by atoms with Gasteiger partial charge in [0.25, 0.3) is 5.69 Å². The van der Waals surface area contributed by atoms with Crippen molar-refractivity contribution in [2.24, 2.45) is 7.05 Å². The van der Waals surface area contributed by atoms with E-state index in [0.29, 0.717) is 5.56 Å². The van der Waals surface area contributed by atoms with E-state index >= 15 is 0 Å². The molecule has 94 valence electrons. The van der Waals surface area contributed by atoms with Crippen LogP contribution in [0.2, 0.25) is 5.02 Å². The van der Waals surface area contributed by atoms with E-state index in [2.05, 4.69) is 5.10 Å². The third kappa shape index (κ3) is 2.25.